The van der Waals surface area contributed by atoms with Crippen LogP contribution in [0, 0.1) is 11.3 Å². The van der Waals surface area contributed by atoms with Gasteiger partial charge in [0.25, 0.3) is 0 Å². The van der Waals surface area contributed by atoms with Gasteiger partial charge in [-0.15, -0.1) is 0 Å². The summed E-state index contributed by atoms with van der Waals surface area (Å²) >= 11 is 0. The first-order valence-corrected chi connectivity index (χ1v) is 4.83. The van der Waals surface area contributed by atoms with Crippen molar-refractivity contribution in [2.24, 2.45) is 11.3 Å². The minimum absolute atomic E-state index is 0.147. The number of amides is 1. The van der Waals surface area contributed by atoms with Gasteiger partial charge in [-0.3, -0.25) is 0 Å². The number of likely N-dealkylation sites (tertiary alicyclic amines) is 1. The van der Waals surface area contributed by atoms with Crippen LogP contribution in [0.5, 0.6) is 0 Å². The Morgan fingerprint density at radius 1 is 1.50 bits per heavy atom. The lowest BCUT2D eigenvalue weighted by Crippen LogP contribution is -2.45. The zero-order valence-corrected chi connectivity index (χ0v) is 8.86. The van der Waals surface area contributed by atoms with Crippen LogP contribution in [0.4, 0.5) is 4.79 Å². The van der Waals surface area contributed by atoms with Gasteiger partial charge in [0.2, 0.25) is 0 Å². The Hall–Kier alpha value is -1.06. The molecule has 1 heterocycles. The maximum absolute atomic E-state index is 10.9. The topological polar surface area (TPSA) is 57.6 Å². The van der Waals surface area contributed by atoms with Gasteiger partial charge in [0.15, 0.2) is 0 Å². The molecule has 0 saturated carbocycles. The average Bonchev–Trinajstić information content (AvgIpc) is 2.45. The number of hydrogen-bond acceptors (Lipinski definition) is 2. The molecule has 1 saturated heterocycles. The third-order valence-electron chi connectivity index (χ3n) is 2.75. The molecular weight excluding hydrogens is 182 g/mol. The normalized spacial score (nSPS) is 27.8. The van der Waals surface area contributed by atoms with E-state index >= 15 is 0 Å². The Kier molecular flexibility index (Phi) is 2.83. The molecule has 0 bridgehead atoms. The van der Waals surface area contributed by atoms with E-state index in [1.54, 1.807) is 0 Å². The number of nitrogens with zero attached hydrogens (tertiary/aromatic N) is 1. The van der Waals surface area contributed by atoms with E-state index in [1.807, 2.05) is 20.8 Å². The highest BCUT2D eigenvalue weighted by molar-refractivity contribution is 5.68. The van der Waals surface area contributed by atoms with Crippen molar-refractivity contribution in [1.29, 1.82) is 0 Å². The number of carboxylic acid groups (broad SMARTS) is 1. The lowest BCUT2D eigenvalue weighted by atomic mass is 9.80. The van der Waals surface area contributed by atoms with Gasteiger partial charge in [0.05, 0.1) is 0 Å². The fourth-order valence-corrected chi connectivity index (χ4v) is 2.28. The van der Waals surface area contributed by atoms with Crippen molar-refractivity contribution in [1.82, 2.24) is 4.90 Å². The Morgan fingerprint density at radius 2 is 2.07 bits per heavy atom. The summed E-state index contributed by atoms with van der Waals surface area (Å²) in [5, 5.41) is 8.97. The molecule has 1 rings (SSSR count). The summed E-state index contributed by atoms with van der Waals surface area (Å²) < 4.78 is 0. The molecule has 1 N–H and O–H groups in total. The van der Waals surface area contributed by atoms with Crippen molar-refractivity contribution in [3.8, 4) is 0 Å². The van der Waals surface area contributed by atoms with Crippen molar-refractivity contribution >= 4 is 12.4 Å². The SMILES string of the molecule is CC(C)(C)[C@H]1C(C=O)CCN1C(=O)O. The molecule has 2 atom stereocenters. The van der Waals surface area contributed by atoms with Crippen LogP contribution in [0.15, 0.2) is 0 Å². The summed E-state index contributed by atoms with van der Waals surface area (Å²) in [6, 6.07) is -0.183. The van der Waals surface area contributed by atoms with Gasteiger partial charge >= 0.3 is 6.09 Å². The van der Waals surface area contributed by atoms with Gasteiger partial charge in [-0.05, 0) is 11.8 Å². The molecule has 0 radical (unpaired) electrons. The molecule has 4 nitrogen and oxygen atoms in total. The molecule has 0 aromatic carbocycles. The van der Waals surface area contributed by atoms with Crippen LogP contribution in [0.1, 0.15) is 27.2 Å². The molecule has 80 valence electrons. The fraction of sp³-hybridized carbons (Fsp3) is 0.800. The Morgan fingerprint density at radius 3 is 2.43 bits per heavy atom. The van der Waals surface area contributed by atoms with Gasteiger partial charge in [-0.25, -0.2) is 4.79 Å². The maximum atomic E-state index is 10.9. The third-order valence-corrected chi connectivity index (χ3v) is 2.75. The molecular formula is C10H17NO3. The second-order valence-electron chi connectivity index (χ2n) is 4.88. The number of carbonyl (C=O) groups is 2. The first-order chi connectivity index (χ1) is 6.38. The van der Waals surface area contributed by atoms with Crippen LogP contribution >= 0.6 is 0 Å². The zero-order chi connectivity index (χ0) is 10.9. The Bertz CT molecular complexity index is 244. The summed E-state index contributed by atoms with van der Waals surface area (Å²) in [4.78, 5) is 23.1. The average molecular weight is 199 g/mol. The van der Waals surface area contributed by atoms with Gasteiger partial charge in [0, 0.05) is 18.5 Å². The monoisotopic (exact) mass is 199 g/mol. The van der Waals surface area contributed by atoms with Gasteiger partial charge in [-0.1, -0.05) is 20.8 Å². The highest BCUT2D eigenvalue weighted by atomic mass is 16.4. The molecule has 1 fully saturated rings. The van der Waals surface area contributed by atoms with Crippen molar-refractivity contribution in [3.63, 3.8) is 0 Å². The van der Waals surface area contributed by atoms with E-state index in [1.165, 1.54) is 4.90 Å². The predicted molar refractivity (Wildman–Crippen MR) is 52.1 cm³/mol. The van der Waals surface area contributed by atoms with Crippen molar-refractivity contribution in [2.45, 2.75) is 33.2 Å². The summed E-state index contributed by atoms with van der Waals surface area (Å²) in [5.74, 6) is -0.147. The Balaban J connectivity index is 2.91. The molecule has 1 aliphatic rings. The molecule has 0 spiro atoms. The van der Waals surface area contributed by atoms with Crippen LogP contribution in [-0.2, 0) is 4.79 Å². The highest BCUT2D eigenvalue weighted by Crippen LogP contribution is 2.35. The largest absolute Gasteiger partial charge is 0.465 e. The number of rotatable bonds is 1. The van der Waals surface area contributed by atoms with E-state index in [-0.39, 0.29) is 17.4 Å². The van der Waals surface area contributed by atoms with Crippen LogP contribution in [0.25, 0.3) is 0 Å². The molecule has 1 aliphatic heterocycles. The fourth-order valence-electron chi connectivity index (χ4n) is 2.28. The molecule has 14 heavy (non-hydrogen) atoms. The number of carbonyl (C=O) groups excluding carboxylic acids is 1. The maximum Gasteiger partial charge on any atom is 0.407 e. The van der Waals surface area contributed by atoms with E-state index in [0.717, 1.165) is 6.29 Å². The van der Waals surface area contributed by atoms with E-state index in [4.69, 9.17) is 5.11 Å². The molecule has 0 aromatic heterocycles. The van der Waals surface area contributed by atoms with Crippen LogP contribution in [0.3, 0.4) is 0 Å². The summed E-state index contributed by atoms with van der Waals surface area (Å²) in [7, 11) is 0. The van der Waals surface area contributed by atoms with Crippen LogP contribution < -0.4 is 0 Å². The Labute approximate surface area is 83.9 Å². The molecule has 1 amide bonds. The van der Waals surface area contributed by atoms with E-state index in [0.29, 0.717) is 13.0 Å². The van der Waals surface area contributed by atoms with Gasteiger partial charge in [0.1, 0.15) is 6.29 Å². The van der Waals surface area contributed by atoms with E-state index in [9.17, 15) is 9.59 Å². The lowest BCUT2D eigenvalue weighted by molar-refractivity contribution is -0.112. The predicted octanol–water partition coefficient (Wildman–Crippen LogP) is 1.60. The third kappa shape index (κ3) is 1.89. The second-order valence-corrected chi connectivity index (χ2v) is 4.88. The van der Waals surface area contributed by atoms with Crippen molar-refractivity contribution in [3.05, 3.63) is 0 Å². The van der Waals surface area contributed by atoms with E-state index < -0.39 is 6.09 Å². The quantitative estimate of drug-likeness (QED) is 0.652. The molecule has 0 aromatic rings. The zero-order valence-electron chi connectivity index (χ0n) is 8.86. The van der Waals surface area contributed by atoms with E-state index in [2.05, 4.69) is 0 Å². The summed E-state index contributed by atoms with van der Waals surface area (Å²) in [6.07, 6.45) is 0.616. The first kappa shape index (κ1) is 11.0. The molecule has 0 aliphatic carbocycles. The van der Waals surface area contributed by atoms with Crippen molar-refractivity contribution in [2.75, 3.05) is 6.54 Å². The van der Waals surface area contributed by atoms with Gasteiger partial charge in [-0.2, -0.15) is 0 Å². The number of aldehydes is 1. The minimum atomic E-state index is -0.922. The standard InChI is InChI=1S/C10H17NO3/c1-10(2,3)8-7(6-12)4-5-11(8)9(13)14/h6-8H,4-5H2,1-3H3,(H,13,14)/t7?,8-/m1/s1. The molecule has 4 heteroatoms. The molecule has 1 unspecified atom stereocenters. The van der Waals surface area contributed by atoms with Gasteiger partial charge < -0.3 is 14.8 Å². The summed E-state index contributed by atoms with van der Waals surface area (Å²) in [5.41, 5.74) is -0.180. The number of hydrogen-bond donors (Lipinski definition) is 1. The summed E-state index contributed by atoms with van der Waals surface area (Å²) in [6.45, 7) is 6.38. The second kappa shape index (κ2) is 3.59. The van der Waals surface area contributed by atoms with Crippen LogP contribution in [0.2, 0.25) is 0 Å². The smallest absolute Gasteiger partial charge is 0.407 e. The minimum Gasteiger partial charge on any atom is -0.465 e. The van der Waals surface area contributed by atoms with Crippen LogP contribution in [-0.4, -0.2) is 35.0 Å². The first-order valence-electron chi connectivity index (χ1n) is 4.83. The highest BCUT2D eigenvalue weighted by Gasteiger charge is 2.43. The van der Waals surface area contributed by atoms with Crippen molar-refractivity contribution < 1.29 is 14.7 Å². The lowest BCUT2D eigenvalue weighted by Gasteiger charge is -2.35.